The van der Waals surface area contributed by atoms with E-state index in [4.69, 9.17) is 9.47 Å². The summed E-state index contributed by atoms with van der Waals surface area (Å²) >= 11 is 0. The summed E-state index contributed by atoms with van der Waals surface area (Å²) in [7, 11) is 3.30. The Hall–Kier alpha value is -2.49. The summed E-state index contributed by atoms with van der Waals surface area (Å²) in [6.45, 7) is 4.88. The van der Waals surface area contributed by atoms with Crippen molar-refractivity contribution in [1.29, 1.82) is 0 Å². The lowest BCUT2D eigenvalue weighted by Gasteiger charge is -2.38. The van der Waals surface area contributed by atoms with Crippen molar-refractivity contribution < 1.29 is 14.3 Å². The first-order valence-corrected chi connectivity index (χ1v) is 9.14. The summed E-state index contributed by atoms with van der Waals surface area (Å²) in [5.41, 5.74) is 3.46. The van der Waals surface area contributed by atoms with Crippen LogP contribution in [0.4, 0.5) is 0 Å². The van der Waals surface area contributed by atoms with Crippen molar-refractivity contribution in [3.05, 3.63) is 59.2 Å². The van der Waals surface area contributed by atoms with Gasteiger partial charge in [-0.25, -0.2) is 0 Å². The first-order chi connectivity index (χ1) is 12.5. The van der Waals surface area contributed by atoms with Gasteiger partial charge >= 0.3 is 0 Å². The molecule has 4 nitrogen and oxygen atoms in total. The zero-order valence-electron chi connectivity index (χ0n) is 16.0. The molecule has 26 heavy (non-hydrogen) atoms. The van der Waals surface area contributed by atoms with Gasteiger partial charge in [-0.2, -0.15) is 0 Å². The third-order valence-electron chi connectivity index (χ3n) is 4.89. The molecule has 1 aliphatic rings. The number of methoxy groups -OCH3 is 2. The molecule has 0 aromatic heterocycles. The normalized spacial score (nSPS) is 16.3. The zero-order valence-corrected chi connectivity index (χ0v) is 16.0. The summed E-state index contributed by atoms with van der Waals surface area (Å²) < 4.78 is 11.0. The molecule has 0 unspecified atom stereocenters. The largest absolute Gasteiger partial charge is 0.493 e. The fourth-order valence-corrected chi connectivity index (χ4v) is 3.68. The van der Waals surface area contributed by atoms with E-state index in [9.17, 15) is 4.79 Å². The van der Waals surface area contributed by atoms with Crippen molar-refractivity contribution in [3.63, 3.8) is 0 Å². The highest BCUT2D eigenvalue weighted by Crippen LogP contribution is 2.41. The number of nitrogens with zero attached hydrogens (tertiary/aromatic N) is 1. The van der Waals surface area contributed by atoms with Gasteiger partial charge in [-0.15, -0.1) is 0 Å². The average molecular weight is 353 g/mol. The Labute approximate surface area is 155 Å². The molecule has 0 aliphatic carbocycles. The highest BCUT2D eigenvalue weighted by Gasteiger charge is 2.33. The van der Waals surface area contributed by atoms with Crippen molar-refractivity contribution in [1.82, 2.24) is 4.90 Å². The zero-order chi connectivity index (χ0) is 18.7. The number of rotatable bonds is 5. The smallest absolute Gasteiger partial charge is 0.223 e. The molecule has 3 rings (SSSR count). The molecular weight excluding hydrogens is 326 g/mol. The maximum absolute atomic E-state index is 12.9. The minimum absolute atomic E-state index is 0.0917. The van der Waals surface area contributed by atoms with E-state index in [-0.39, 0.29) is 11.9 Å². The lowest BCUT2D eigenvalue weighted by molar-refractivity contribution is -0.134. The van der Waals surface area contributed by atoms with Crippen LogP contribution in [0.2, 0.25) is 0 Å². The fraction of sp³-hybridized carbons (Fsp3) is 0.409. The molecule has 1 aliphatic heterocycles. The van der Waals surface area contributed by atoms with Crippen molar-refractivity contribution >= 4 is 5.91 Å². The molecule has 0 fully saturated rings. The molecule has 0 saturated heterocycles. The lowest BCUT2D eigenvalue weighted by atomic mass is 9.87. The van der Waals surface area contributed by atoms with Gasteiger partial charge in [-0.3, -0.25) is 4.79 Å². The van der Waals surface area contributed by atoms with Crippen molar-refractivity contribution in [3.8, 4) is 11.5 Å². The van der Waals surface area contributed by atoms with Crippen LogP contribution in [0.3, 0.4) is 0 Å². The molecule has 0 saturated carbocycles. The van der Waals surface area contributed by atoms with Crippen molar-refractivity contribution in [2.45, 2.75) is 32.7 Å². The third kappa shape index (κ3) is 3.55. The molecule has 0 spiro atoms. The Morgan fingerprint density at radius 3 is 2.38 bits per heavy atom. The molecule has 4 heteroatoms. The molecule has 1 heterocycles. The van der Waals surface area contributed by atoms with E-state index in [0.29, 0.717) is 24.6 Å². The Bertz CT molecular complexity index is 770. The predicted molar refractivity (Wildman–Crippen MR) is 103 cm³/mol. The van der Waals surface area contributed by atoms with Crippen LogP contribution in [-0.4, -0.2) is 31.6 Å². The molecule has 1 atom stereocenters. The summed E-state index contributed by atoms with van der Waals surface area (Å²) in [6.07, 6.45) is 1.38. The van der Waals surface area contributed by atoms with Crippen LogP contribution >= 0.6 is 0 Å². The summed E-state index contributed by atoms with van der Waals surface area (Å²) in [4.78, 5) is 15.0. The second-order valence-corrected chi connectivity index (χ2v) is 7.15. The van der Waals surface area contributed by atoms with Gasteiger partial charge in [0.15, 0.2) is 11.5 Å². The van der Waals surface area contributed by atoms with Gasteiger partial charge in [0.1, 0.15) is 0 Å². The number of hydrogen-bond acceptors (Lipinski definition) is 3. The van der Waals surface area contributed by atoms with E-state index in [2.05, 4.69) is 26.0 Å². The number of fused-ring (bicyclic) bond motifs is 1. The monoisotopic (exact) mass is 353 g/mol. The standard InChI is InChI=1S/C22H27NO3/c1-15(2)12-21(24)23-11-10-17-13-19(25-3)20(26-4)14-18(17)22(23)16-8-6-5-7-9-16/h5-9,13-15,22H,10-12H2,1-4H3/t22-/m1/s1. The fourth-order valence-electron chi connectivity index (χ4n) is 3.68. The van der Waals surface area contributed by atoms with Crippen LogP contribution in [0.5, 0.6) is 11.5 Å². The summed E-state index contributed by atoms with van der Waals surface area (Å²) in [5, 5.41) is 0. The number of carbonyl (C=O) groups excluding carboxylic acids is 1. The van der Waals surface area contributed by atoms with E-state index in [1.54, 1.807) is 14.2 Å². The number of carbonyl (C=O) groups is 1. The SMILES string of the molecule is COc1cc2c(cc1OC)[C@@H](c1ccccc1)N(C(=O)CC(C)C)CC2. The van der Waals surface area contributed by atoms with Crippen molar-refractivity contribution in [2.24, 2.45) is 5.92 Å². The van der Waals surface area contributed by atoms with Crippen LogP contribution in [-0.2, 0) is 11.2 Å². The molecule has 138 valence electrons. The third-order valence-corrected chi connectivity index (χ3v) is 4.89. The molecule has 2 aromatic rings. The van der Waals surface area contributed by atoms with E-state index < -0.39 is 0 Å². The van der Waals surface area contributed by atoms with Gasteiger partial charge in [-0.05, 0) is 41.2 Å². The summed E-state index contributed by atoms with van der Waals surface area (Å²) in [5.74, 6) is 1.98. The number of hydrogen-bond donors (Lipinski definition) is 0. The van der Waals surface area contributed by atoms with E-state index >= 15 is 0 Å². The highest BCUT2D eigenvalue weighted by atomic mass is 16.5. The van der Waals surface area contributed by atoms with Gasteiger partial charge in [-0.1, -0.05) is 44.2 Å². The van der Waals surface area contributed by atoms with Crippen LogP contribution in [0.25, 0.3) is 0 Å². The average Bonchev–Trinajstić information content (AvgIpc) is 2.65. The minimum Gasteiger partial charge on any atom is -0.493 e. The predicted octanol–water partition coefficient (Wildman–Crippen LogP) is 4.22. The van der Waals surface area contributed by atoms with Crippen LogP contribution in [0.1, 0.15) is 43.0 Å². The van der Waals surface area contributed by atoms with E-state index in [0.717, 1.165) is 23.3 Å². The highest BCUT2D eigenvalue weighted by molar-refractivity contribution is 5.78. The van der Waals surface area contributed by atoms with Crippen LogP contribution in [0.15, 0.2) is 42.5 Å². The van der Waals surface area contributed by atoms with Gasteiger partial charge in [0.25, 0.3) is 0 Å². The van der Waals surface area contributed by atoms with Crippen LogP contribution in [0, 0.1) is 5.92 Å². The minimum atomic E-state index is -0.0917. The Morgan fingerprint density at radius 1 is 1.12 bits per heavy atom. The Kier molecular flexibility index (Phi) is 5.50. The molecule has 0 radical (unpaired) electrons. The quantitative estimate of drug-likeness (QED) is 0.808. The second-order valence-electron chi connectivity index (χ2n) is 7.15. The topological polar surface area (TPSA) is 38.8 Å². The van der Waals surface area contributed by atoms with E-state index in [1.807, 2.05) is 35.2 Å². The molecule has 1 amide bonds. The van der Waals surface area contributed by atoms with Crippen molar-refractivity contribution in [2.75, 3.05) is 20.8 Å². The first kappa shape index (κ1) is 18.3. The molecule has 0 N–H and O–H groups in total. The number of benzene rings is 2. The molecule has 0 bridgehead atoms. The molecule has 2 aromatic carbocycles. The maximum atomic E-state index is 12.9. The maximum Gasteiger partial charge on any atom is 0.223 e. The van der Waals surface area contributed by atoms with E-state index in [1.165, 1.54) is 5.56 Å². The molecular formula is C22H27NO3. The van der Waals surface area contributed by atoms with Gasteiger partial charge < -0.3 is 14.4 Å². The Balaban J connectivity index is 2.10. The summed E-state index contributed by atoms with van der Waals surface area (Å²) in [6, 6.07) is 14.2. The number of ether oxygens (including phenoxy) is 2. The number of amides is 1. The first-order valence-electron chi connectivity index (χ1n) is 9.14. The van der Waals surface area contributed by atoms with Crippen LogP contribution < -0.4 is 9.47 Å². The van der Waals surface area contributed by atoms with Gasteiger partial charge in [0, 0.05) is 13.0 Å². The second kappa shape index (κ2) is 7.81. The van der Waals surface area contributed by atoms with Gasteiger partial charge in [0.05, 0.1) is 20.3 Å². The lowest BCUT2D eigenvalue weighted by Crippen LogP contribution is -2.41. The van der Waals surface area contributed by atoms with Gasteiger partial charge in [0.2, 0.25) is 5.91 Å². The Morgan fingerprint density at radius 2 is 1.77 bits per heavy atom.